The Kier molecular flexibility index (Phi) is 3.68. The lowest BCUT2D eigenvalue weighted by Gasteiger charge is -2.27. The number of halogens is 2. The number of aryl methyl sites for hydroxylation is 1. The summed E-state index contributed by atoms with van der Waals surface area (Å²) in [6.45, 7) is 6.77. The summed E-state index contributed by atoms with van der Waals surface area (Å²) in [5, 5.41) is 9.35. The van der Waals surface area contributed by atoms with Gasteiger partial charge in [-0.1, -0.05) is 26.0 Å². The molecule has 0 amide bonds. The highest BCUT2D eigenvalue weighted by Gasteiger charge is 2.27. The number of hydrogen-bond acceptors (Lipinski definition) is 1. The van der Waals surface area contributed by atoms with Crippen molar-refractivity contribution in [3.05, 3.63) is 34.9 Å². The smallest absolute Gasteiger partial charge is 0.162 e. The lowest BCUT2D eigenvalue weighted by atomic mass is 9.79. The van der Waals surface area contributed by atoms with Gasteiger partial charge in [0.2, 0.25) is 0 Å². The van der Waals surface area contributed by atoms with Crippen LogP contribution in [0.2, 0.25) is 0 Å². The predicted molar refractivity (Wildman–Crippen MR) is 60.4 cm³/mol. The highest BCUT2D eigenvalue weighted by Crippen LogP contribution is 2.32. The van der Waals surface area contributed by atoms with E-state index in [-0.39, 0.29) is 0 Å². The first-order valence-electron chi connectivity index (χ1n) is 5.39. The summed E-state index contributed by atoms with van der Waals surface area (Å²) in [6.07, 6.45) is -0.148. The van der Waals surface area contributed by atoms with Gasteiger partial charge in [-0.15, -0.1) is 0 Å². The van der Waals surface area contributed by atoms with E-state index in [0.717, 1.165) is 0 Å². The zero-order valence-electron chi connectivity index (χ0n) is 10.1. The number of rotatable bonds is 3. The number of aliphatic hydroxyl groups excluding tert-OH is 1. The minimum absolute atomic E-state index is 0.300. The molecule has 0 aliphatic heterocycles. The summed E-state index contributed by atoms with van der Waals surface area (Å²) < 4.78 is 27.2. The largest absolute Gasteiger partial charge is 0.393 e. The van der Waals surface area contributed by atoms with Gasteiger partial charge in [0, 0.05) is 0 Å². The van der Waals surface area contributed by atoms with E-state index < -0.39 is 23.2 Å². The highest BCUT2D eigenvalue weighted by molar-refractivity contribution is 5.30. The van der Waals surface area contributed by atoms with E-state index in [1.54, 1.807) is 32.9 Å². The van der Waals surface area contributed by atoms with Crippen molar-refractivity contribution in [1.82, 2.24) is 0 Å². The van der Waals surface area contributed by atoms with Crippen LogP contribution in [-0.2, 0) is 5.41 Å². The molecule has 90 valence electrons. The van der Waals surface area contributed by atoms with Crippen molar-refractivity contribution in [2.75, 3.05) is 0 Å². The van der Waals surface area contributed by atoms with Crippen LogP contribution in [0.3, 0.4) is 0 Å². The molecule has 0 heterocycles. The molecule has 0 saturated heterocycles. The second-order valence-electron chi connectivity index (χ2n) is 5.00. The van der Waals surface area contributed by atoms with Crippen molar-refractivity contribution in [3.63, 3.8) is 0 Å². The van der Waals surface area contributed by atoms with Gasteiger partial charge in [0.15, 0.2) is 11.6 Å². The standard InChI is InChI=1S/C13H18F2O/c1-8-5-6-10(12(15)11(8)14)13(3,4)7-9(2)16/h5-6,9,16H,7H2,1-4H3. The zero-order valence-corrected chi connectivity index (χ0v) is 10.1. The Bertz CT molecular complexity index is 384. The van der Waals surface area contributed by atoms with Gasteiger partial charge in [-0.2, -0.15) is 0 Å². The normalized spacial score (nSPS) is 13.9. The molecule has 0 spiro atoms. The molecule has 1 nitrogen and oxygen atoms in total. The summed E-state index contributed by atoms with van der Waals surface area (Å²) in [5.74, 6) is -1.60. The molecule has 1 unspecified atom stereocenters. The fourth-order valence-corrected chi connectivity index (χ4v) is 2.02. The lowest BCUT2D eigenvalue weighted by molar-refractivity contribution is 0.155. The van der Waals surface area contributed by atoms with Crippen LogP contribution in [-0.4, -0.2) is 11.2 Å². The molecule has 1 aromatic carbocycles. The Morgan fingerprint density at radius 1 is 1.25 bits per heavy atom. The molecule has 0 saturated carbocycles. The van der Waals surface area contributed by atoms with Gasteiger partial charge in [-0.3, -0.25) is 0 Å². The fraction of sp³-hybridized carbons (Fsp3) is 0.538. The topological polar surface area (TPSA) is 20.2 Å². The van der Waals surface area contributed by atoms with E-state index in [2.05, 4.69) is 0 Å². The van der Waals surface area contributed by atoms with Gasteiger partial charge in [0.05, 0.1) is 6.10 Å². The Morgan fingerprint density at radius 2 is 1.81 bits per heavy atom. The molecule has 1 N–H and O–H groups in total. The summed E-state index contributed by atoms with van der Waals surface area (Å²) in [4.78, 5) is 0. The van der Waals surface area contributed by atoms with Gasteiger partial charge >= 0.3 is 0 Å². The molecular weight excluding hydrogens is 210 g/mol. The van der Waals surface area contributed by atoms with Crippen molar-refractivity contribution in [2.45, 2.75) is 45.6 Å². The summed E-state index contributed by atoms with van der Waals surface area (Å²) in [6, 6.07) is 3.16. The second-order valence-corrected chi connectivity index (χ2v) is 5.00. The first-order chi connectivity index (χ1) is 7.25. The summed E-state index contributed by atoms with van der Waals surface area (Å²) >= 11 is 0. The lowest BCUT2D eigenvalue weighted by Crippen LogP contribution is -2.25. The third-order valence-corrected chi connectivity index (χ3v) is 2.81. The SMILES string of the molecule is Cc1ccc(C(C)(C)CC(C)O)c(F)c1F. The average Bonchev–Trinajstić information content (AvgIpc) is 2.11. The van der Waals surface area contributed by atoms with Crippen molar-refractivity contribution >= 4 is 0 Å². The molecule has 1 atom stereocenters. The molecule has 0 fully saturated rings. The summed E-state index contributed by atoms with van der Waals surface area (Å²) in [7, 11) is 0. The fourth-order valence-electron chi connectivity index (χ4n) is 2.02. The maximum absolute atomic E-state index is 13.8. The Morgan fingerprint density at radius 3 is 2.31 bits per heavy atom. The molecule has 0 bridgehead atoms. The number of hydrogen-bond donors (Lipinski definition) is 1. The minimum atomic E-state index is -0.800. The van der Waals surface area contributed by atoms with E-state index in [4.69, 9.17) is 0 Å². The maximum atomic E-state index is 13.8. The van der Waals surface area contributed by atoms with E-state index in [1.165, 1.54) is 6.92 Å². The molecule has 3 heteroatoms. The van der Waals surface area contributed by atoms with Gasteiger partial charge < -0.3 is 5.11 Å². The van der Waals surface area contributed by atoms with Crippen LogP contribution >= 0.6 is 0 Å². The van der Waals surface area contributed by atoms with Crippen molar-refractivity contribution < 1.29 is 13.9 Å². The number of benzene rings is 1. The van der Waals surface area contributed by atoms with E-state index >= 15 is 0 Å². The predicted octanol–water partition coefficient (Wildman–Crippen LogP) is 3.32. The summed E-state index contributed by atoms with van der Waals surface area (Å²) in [5.41, 5.74) is 0.0397. The van der Waals surface area contributed by atoms with Gasteiger partial charge in [0.1, 0.15) is 0 Å². The van der Waals surface area contributed by atoms with Crippen LogP contribution in [0.25, 0.3) is 0 Å². The average molecular weight is 228 g/mol. The van der Waals surface area contributed by atoms with Crippen LogP contribution in [0.4, 0.5) is 8.78 Å². The van der Waals surface area contributed by atoms with Gasteiger partial charge in [-0.25, -0.2) is 8.78 Å². The quantitative estimate of drug-likeness (QED) is 0.841. The molecule has 0 aromatic heterocycles. The van der Waals surface area contributed by atoms with Crippen LogP contribution < -0.4 is 0 Å². The van der Waals surface area contributed by atoms with Crippen LogP contribution in [0.1, 0.15) is 38.3 Å². The van der Waals surface area contributed by atoms with E-state index in [0.29, 0.717) is 17.5 Å². The zero-order chi connectivity index (χ0) is 12.5. The van der Waals surface area contributed by atoms with Gasteiger partial charge in [-0.05, 0) is 36.8 Å². The van der Waals surface area contributed by atoms with Crippen molar-refractivity contribution in [1.29, 1.82) is 0 Å². The molecular formula is C13H18F2O. The minimum Gasteiger partial charge on any atom is -0.393 e. The third kappa shape index (κ3) is 2.59. The molecule has 0 radical (unpaired) electrons. The van der Waals surface area contributed by atoms with Crippen molar-refractivity contribution in [2.24, 2.45) is 0 Å². The van der Waals surface area contributed by atoms with Crippen LogP contribution in [0.15, 0.2) is 12.1 Å². The first-order valence-corrected chi connectivity index (χ1v) is 5.39. The first kappa shape index (κ1) is 13.1. The Hall–Kier alpha value is -0.960. The molecule has 0 aliphatic rings. The van der Waals surface area contributed by atoms with E-state index in [9.17, 15) is 13.9 Å². The van der Waals surface area contributed by atoms with E-state index in [1.807, 2.05) is 0 Å². The molecule has 1 rings (SSSR count). The van der Waals surface area contributed by atoms with Crippen molar-refractivity contribution in [3.8, 4) is 0 Å². The van der Waals surface area contributed by atoms with Crippen LogP contribution in [0, 0.1) is 18.6 Å². The monoisotopic (exact) mass is 228 g/mol. The van der Waals surface area contributed by atoms with Gasteiger partial charge in [0.25, 0.3) is 0 Å². The molecule has 0 aliphatic carbocycles. The second kappa shape index (κ2) is 4.50. The van der Waals surface area contributed by atoms with Crippen LogP contribution in [0.5, 0.6) is 0 Å². The highest BCUT2D eigenvalue weighted by atomic mass is 19.2. The molecule has 16 heavy (non-hydrogen) atoms. The third-order valence-electron chi connectivity index (χ3n) is 2.81. The Balaban J connectivity index is 3.18. The molecule has 1 aromatic rings. The Labute approximate surface area is 95.1 Å². The number of aliphatic hydroxyl groups is 1. The maximum Gasteiger partial charge on any atom is 0.162 e.